The van der Waals surface area contributed by atoms with Crippen molar-refractivity contribution in [2.75, 3.05) is 13.6 Å². The predicted molar refractivity (Wildman–Crippen MR) is 90.6 cm³/mol. The summed E-state index contributed by atoms with van der Waals surface area (Å²) in [7, 11) is 2.00. The first kappa shape index (κ1) is 16.3. The number of aliphatic imine (C=N–C) groups is 1. The smallest absolute Gasteiger partial charge is 0.228 e. The molecular formula is C16H24BrN3O. The van der Waals surface area contributed by atoms with E-state index < -0.39 is 0 Å². The molecule has 1 aromatic heterocycles. The molecule has 0 amide bonds. The standard InChI is InChI=1S/C16H24BrN3O/c1-4-20(3)11-18-15-10-14(17)16(19-12(15)2)21-13-8-6-5-7-9-13/h10-11,13H,4-9H2,1-3H3. The summed E-state index contributed by atoms with van der Waals surface area (Å²) in [5.74, 6) is 0.696. The second-order valence-corrected chi connectivity index (χ2v) is 6.43. The second-order valence-electron chi connectivity index (χ2n) is 5.58. The fourth-order valence-corrected chi connectivity index (χ4v) is 2.74. The van der Waals surface area contributed by atoms with E-state index in [1.165, 1.54) is 19.3 Å². The third-order valence-corrected chi connectivity index (χ3v) is 4.40. The molecule has 0 atom stereocenters. The van der Waals surface area contributed by atoms with Gasteiger partial charge in [0, 0.05) is 13.6 Å². The Morgan fingerprint density at radius 2 is 2.14 bits per heavy atom. The zero-order chi connectivity index (χ0) is 15.2. The maximum absolute atomic E-state index is 6.05. The molecule has 0 saturated heterocycles. The summed E-state index contributed by atoms with van der Waals surface area (Å²) in [5.41, 5.74) is 1.77. The van der Waals surface area contributed by atoms with Crippen LogP contribution in [0.2, 0.25) is 0 Å². The maximum Gasteiger partial charge on any atom is 0.228 e. The van der Waals surface area contributed by atoms with Crippen LogP contribution in [0.1, 0.15) is 44.7 Å². The largest absolute Gasteiger partial charge is 0.474 e. The summed E-state index contributed by atoms with van der Waals surface area (Å²) in [6.45, 7) is 4.99. The van der Waals surface area contributed by atoms with E-state index in [4.69, 9.17) is 4.74 Å². The molecule has 1 aliphatic rings. The first-order chi connectivity index (χ1) is 10.1. The Balaban J connectivity index is 2.10. The summed E-state index contributed by atoms with van der Waals surface area (Å²) in [6.07, 6.45) is 8.25. The van der Waals surface area contributed by atoms with E-state index in [1.807, 2.05) is 31.3 Å². The minimum atomic E-state index is 0.308. The Kier molecular flexibility index (Phi) is 6.03. The number of rotatable bonds is 5. The van der Waals surface area contributed by atoms with Crippen molar-refractivity contribution in [1.29, 1.82) is 0 Å². The Morgan fingerprint density at radius 1 is 1.43 bits per heavy atom. The third-order valence-electron chi connectivity index (χ3n) is 3.83. The van der Waals surface area contributed by atoms with Crippen molar-refractivity contribution in [2.45, 2.75) is 52.1 Å². The van der Waals surface area contributed by atoms with Crippen LogP contribution < -0.4 is 4.74 Å². The van der Waals surface area contributed by atoms with Crippen LogP contribution in [0.4, 0.5) is 5.69 Å². The van der Waals surface area contributed by atoms with Gasteiger partial charge in [-0.15, -0.1) is 0 Å². The molecule has 1 fully saturated rings. The average Bonchev–Trinajstić information content (AvgIpc) is 2.50. The normalized spacial score (nSPS) is 16.4. The first-order valence-corrected chi connectivity index (χ1v) is 8.47. The van der Waals surface area contributed by atoms with Crippen LogP contribution in [-0.2, 0) is 0 Å². The van der Waals surface area contributed by atoms with Crippen LogP contribution >= 0.6 is 15.9 Å². The number of aromatic nitrogens is 1. The topological polar surface area (TPSA) is 37.7 Å². The average molecular weight is 354 g/mol. The van der Waals surface area contributed by atoms with Gasteiger partial charge in [-0.25, -0.2) is 9.98 Å². The quantitative estimate of drug-likeness (QED) is 0.578. The van der Waals surface area contributed by atoms with Crippen LogP contribution in [0.5, 0.6) is 5.88 Å². The van der Waals surface area contributed by atoms with E-state index in [2.05, 4.69) is 32.8 Å². The number of hydrogen-bond acceptors (Lipinski definition) is 3. The van der Waals surface area contributed by atoms with Gasteiger partial charge >= 0.3 is 0 Å². The first-order valence-electron chi connectivity index (χ1n) is 7.68. The Labute approximate surface area is 135 Å². The van der Waals surface area contributed by atoms with Gasteiger partial charge in [0.15, 0.2) is 0 Å². The van der Waals surface area contributed by atoms with Gasteiger partial charge in [-0.3, -0.25) is 0 Å². The number of pyridine rings is 1. The molecule has 5 heteroatoms. The molecule has 4 nitrogen and oxygen atoms in total. The predicted octanol–water partition coefficient (Wildman–Crippen LogP) is 4.48. The Bertz CT molecular complexity index is 499. The fourth-order valence-electron chi connectivity index (χ4n) is 2.35. The minimum absolute atomic E-state index is 0.308. The molecule has 0 unspecified atom stereocenters. The molecule has 1 aliphatic carbocycles. The van der Waals surface area contributed by atoms with Gasteiger partial charge in [0.05, 0.1) is 22.2 Å². The van der Waals surface area contributed by atoms with Crippen molar-refractivity contribution in [3.63, 3.8) is 0 Å². The summed E-state index contributed by atoms with van der Waals surface area (Å²) in [5, 5.41) is 0. The van der Waals surface area contributed by atoms with Gasteiger partial charge in [0.1, 0.15) is 6.10 Å². The van der Waals surface area contributed by atoms with Crippen LogP contribution in [0.3, 0.4) is 0 Å². The summed E-state index contributed by atoms with van der Waals surface area (Å²) in [6, 6.07) is 1.99. The van der Waals surface area contributed by atoms with Crippen LogP contribution in [0.25, 0.3) is 0 Å². The maximum atomic E-state index is 6.05. The Hall–Kier alpha value is -1.10. The fraction of sp³-hybridized carbons (Fsp3) is 0.625. The summed E-state index contributed by atoms with van der Waals surface area (Å²) >= 11 is 3.56. The van der Waals surface area contributed by atoms with Crippen LogP contribution in [-0.4, -0.2) is 35.9 Å². The van der Waals surface area contributed by atoms with E-state index in [1.54, 1.807) is 0 Å². The monoisotopic (exact) mass is 353 g/mol. The second kappa shape index (κ2) is 7.78. The molecule has 1 aromatic rings. The molecule has 0 N–H and O–H groups in total. The van der Waals surface area contributed by atoms with E-state index in [0.29, 0.717) is 12.0 Å². The molecular weight excluding hydrogens is 330 g/mol. The molecule has 0 spiro atoms. The number of ether oxygens (including phenoxy) is 1. The lowest BCUT2D eigenvalue weighted by Gasteiger charge is -2.23. The highest BCUT2D eigenvalue weighted by atomic mass is 79.9. The van der Waals surface area contributed by atoms with E-state index >= 15 is 0 Å². The van der Waals surface area contributed by atoms with Gasteiger partial charge in [-0.2, -0.15) is 0 Å². The van der Waals surface area contributed by atoms with Gasteiger partial charge in [0.2, 0.25) is 5.88 Å². The lowest BCUT2D eigenvalue weighted by Crippen LogP contribution is -2.20. The molecule has 0 bridgehead atoms. The number of nitrogens with zero attached hydrogens (tertiary/aromatic N) is 3. The van der Waals surface area contributed by atoms with Crippen molar-refractivity contribution >= 4 is 28.0 Å². The number of aryl methyl sites for hydroxylation is 1. The van der Waals surface area contributed by atoms with E-state index in [-0.39, 0.29) is 0 Å². The van der Waals surface area contributed by atoms with Crippen molar-refractivity contribution in [3.05, 3.63) is 16.2 Å². The molecule has 0 aliphatic heterocycles. The highest BCUT2D eigenvalue weighted by Crippen LogP contribution is 2.32. The van der Waals surface area contributed by atoms with Gasteiger partial charge in [-0.05, 0) is 61.5 Å². The molecule has 2 rings (SSSR count). The van der Waals surface area contributed by atoms with Crippen LogP contribution in [0.15, 0.2) is 15.5 Å². The lowest BCUT2D eigenvalue weighted by atomic mass is 9.98. The van der Waals surface area contributed by atoms with Crippen LogP contribution in [0, 0.1) is 6.92 Å². The van der Waals surface area contributed by atoms with Gasteiger partial charge < -0.3 is 9.64 Å². The van der Waals surface area contributed by atoms with Crippen molar-refractivity contribution < 1.29 is 4.74 Å². The molecule has 0 aromatic carbocycles. The summed E-state index contributed by atoms with van der Waals surface area (Å²) in [4.78, 5) is 11.1. The molecule has 1 saturated carbocycles. The molecule has 21 heavy (non-hydrogen) atoms. The zero-order valence-corrected chi connectivity index (χ0v) is 14.7. The molecule has 1 heterocycles. The minimum Gasteiger partial charge on any atom is -0.474 e. The van der Waals surface area contributed by atoms with Gasteiger partial charge in [0.25, 0.3) is 0 Å². The van der Waals surface area contributed by atoms with E-state index in [9.17, 15) is 0 Å². The van der Waals surface area contributed by atoms with Gasteiger partial charge in [-0.1, -0.05) is 6.42 Å². The Morgan fingerprint density at radius 3 is 2.81 bits per heavy atom. The SMILES string of the molecule is CCN(C)C=Nc1cc(Br)c(OC2CCCCC2)nc1C. The van der Waals surface area contributed by atoms with E-state index in [0.717, 1.165) is 35.2 Å². The number of halogens is 1. The summed E-state index contributed by atoms with van der Waals surface area (Å²) < 4.78 is 6.93. The van der Waals surface area contributed by atoms with Crippen molar-refractivity contribution in [2.24, 2.45) is 4.99 Å². The lowest BCUT2D eigenvalue weighted by molar-refractivity contribution is 0.147. The number of hydrogen-bond donors (Lipinski definition) is 0. The van der Waals surface area contributed by atoms with Crippen molar-refractivity contribution in [1.82, 2.24) is 9.88 Å². The van der Waals surface area contributed by atoms with Crippen molar-refractivity contribution in [3.8, 4) is 5.88 Å². The zero-order valence-electron chi connectivity index (χ0n) is 13.1. The highest BCUT2D eigenvalue weighted by Gasteiger charge is 2.17. The third kappa shape index (κ3) is 4.70. The highest BCUT2D eigenvalue weighted by molar-refractivity contribution is 9.10. The molecule has 0 radical (unpaired) electrons. The molecule has 116 valence electrons.